The molecule has 0 bridgehead atoms. The van der Waals surface area contributed by atoms with Gasteiger partial charge >= 0.3 is 5.97 Å². The fourth-order valence-electron chi connectivity index (χ4n) is 2.21. The number of carbonyl (C=O) groups is 1. The molecule has 1 fully saturated rings. The molecule has 1 aromatic carbocycles. The van der Waals surface area contributed by atoms with E-state index in [-0.39, 0.29) is 28.6 Å². The van der Waals surface area contributed by atoms with E-state index in [2.05, 4.69) is 0 Å². The van der Waals surface area contributed by atoms with Gasteiger partial charge in [-0.3, -0.25) is 14.9 Å². The van der Waals surface area contributed by atoms with E-state index in [4.69, 9.17) is 16.7 Å². The van der Waals surface area contributed by atoms with Crippen LogP contribution < -0.4 is 0 Å². The number of carboxylic acid groups (broad SMARTS) is 1. The number of nitrogens with zero attached hydrogens (tertiary/aromatic N) is 2. The first kappa shape index (κ1) is 15.7. The van der Waals surface area contributed by atoms with E-state index in [1.807, 2.05) is 0 Å². The molecule has 21 heavy (non-hydrogen) atoms. The van der Waals surface area contributed by atoms with Crippen LogP contribution >= 0.6 is 11.6 Å². The summed E-state index contributed by atoms with van der Waals surface area (Å²) in [5.41, 5.74) is -0.338. The standard InChI is InChI=1S/C11H11ClN2O6S/c12-8-6-7(14(17)18)3-4-10(8)21(19,20)13-5-1-2-9(13)11(15)16/h3-4,6,9H,1-2,5H2,(H,15,16)/t9-/m0/s1. The monoisotopic (exact) mass is 334 g/mol. The smallest absolute Gasteiger partial charge is 0.322 e. The Morgan fingerprint density at radius 3 is 2.67 bits per heavy atom. The van der Waals surface area contributed by atoms with Crippen molar-refractivity contribution in [3.63, 3.8) is 0 Å². The van der Waals surface area contributed by atoms with Crippen LogP contribution in [0.25, 0.3) is 0 Å². The summed E-state index contributed by atoms with van der Waals surface area (Å²) >= 11 is 5.81. The maximum Gasteiger partial charge on any atom is 0.322 e. The first-order valence-electron chi connectivity index (χ1n) is 5.93. The number of halogens is 1. The molecule has 0 amide bonds. The summed E-state index contributed by atoms with van der Waals surface area (Å²) in [6.45, 7) is 0.0760. The molecule has 1 N–H and O–H groups in total. The zero-order valence-electron chi connectivity index (χ0n) is 10.6. The lowest BCUT2D eigenvalue weighted by atomic mass is 10.2. The van der Waals surface area contributed by atoms with Crippen molar-refractivity contribution in [2.45, 2.75) is 23.8 Å². The number of nitro benzene ring substituents is 1. The fourth-order valence-corrected chi connectivity index (χ4v) is 4.38. The molecule has 1 aliphatic rings. The Labute approximate surface area is 125 Å². The van der Waals surface area contributed by atoms with Crippen LogP contribution in [0.2, 0.25) is 5.02 Å². The Bertz CT molecular complexity index is 705. The third-order valence-corrected chi connectivity index (χ3v) is 5.59. The summed E-state index contributed by atoms with van der Waals surface area (Å²) in [4.78, 5) is 20.7. The molecule has 8 nitrogen and oxygen atoms in total. The van der Waals surface area contributed by atoms with E-state index in [1.165, 1.54) is 0 Å². The van der Waals surface area contributed by atoms with E-state index in [9.17, 15) is 23.3 Å². The maximum atomic E-state index is 12.5. The van der Waals surface area contributed by atoms with Crippen molar-refractivity contribution in [3.8, 4) is 0 Å². The number of aliphatic carboxylic acids is 1. The van der Waals surface area contributed by atoms with E-state index in [1.54, 1.807) is 0 Å². The zero-order valence-corrected chi connectivity index (χ0v) is 12.2. The first-order valence-corrected chi connectivity index (χ1v) is 7.75. The minimum absolute atomic E-state index is 0.0760. The van der Waals surface area contributed by atoms with E-state index in [0.717, 1.165) is 22.5 Å². The fraction of sp³-hybridized carbons (Fsp3) is 0.364. The Hall–Kier alpha value is -1.71. The Balaban J connectivity index is 2.45. The highest BCUT2D eigenvalue weighted by molar-refractivity contribution is 7.89. The van der Waals surface area contributed by atoms with Crippen molar-refractivity contribution in [1.82, 2.24) is 4.31 Å². The number of non-ortho nitro benzene ring substituents is 1. The van der Waals surface area contributed by atoms with Gasteiger partial charge < -0.3 is 5.11 Å². The highest BCUT2D eigenvalue weighted by Crippen LogP contribution is 2.32. The number of nitro groups is 1. The van der Waals surface area contributed by atoms with Crippen molar-refractivity contribution >= 4 is 33.3 Å². The minimum atomic E-state index is -4.11. The van der Waals surface area contributed by atoms with Gasteiger partial charge in [-0.25, -0.2) is 8.42 Å². The molecular weight excluding hydrogens is 324 g/mol. The SMILES string of the molecule is O=C(O)[C@@H]1CCCN1S(=O)(=O)c1ccc([N+](=O)[O-])cc1Cl. The first-order chi connectivity index (χ1) is 9.75. The number of rotatable bonds is 4. The molecular formula is C11H11ClN2O6S. The Kier molecular flexibility index (Phi) is 4.17. The molecule has 1 aliphatic heterocycles. The molecule has 0 spiro atoms. The number of benzene rings is 1. The second kappa shape index (κ2) is 5.58. The predicted octanol–water partition coefficient (Wildman–Crippen LogP) is 1.49. The predicted molar refractivity (Wildman–Crippen MR) is 72.7 cm³/mol. The van der Waals surface area contributed by atoms with Gasteiger partial charge in [0.15, 0.2) is 0 Å². The third kappa shape index (κ3) is 2.85. The molecule has 1 saturated heterocycles. The van der Waals surface area contributed by atoms with Gasteiger partial charge in [-0.15, -0.1) is 0 Å². The molecule has 1 atom stereocenters. The molecule has 0 radical (unpaired) electrons. The average molecular weight is 335 g/mol. The van der Waals surface area contributed by atoms with Gasteiger partial charge in [0.2, 0.25) is 10.0 Å². The summed E-state index contributed by atoms with van der Waals surface area (Å²) in [6.07, 6.45) is 0.653. The molecule has 2 rings (SSSR count). The molecule has 114 valence electrons. The highest BCUT2D eigenvalue weighted by Gasteiger charge is 2.40. The second-order valence-corrected chi connectivity index (χ2v) is 6.75. The Morgan fingerprint density at radius 1 is 1.48 bits per heavy atom. The molecule has 1 aromatic rings. The third-order valence-electron chi connectivity index (χ3n) is 3.20. The van der Waals surface area contributed by atoms with Crippen LogP contribution in [0.15, 0.2) is 23.1 Å². The van der Waals surface area contributed by atoms with Crippen LogP contribution in [0.5, 0.6) is 0 Å². The van der Waals surface area contributed by atoms with Crippen LogP contribution in [0.3, 0.4) is 0 Å². The number of hydrogen-bond donors (Lipinski definition) is 1. The lowest BCUT2D eigenvalue weighted by molar-refractivity contribution is -0.384. The van der Waals surface area contributed by atoms with E-state index in [0.29, 0.717) is 6.42 Å². The largest absolute Gasteiger partial charge is 0.480 e. The van der Waals surface area contributed by atoms with Gasteiger partial charge in [0, 0.05) is 18.7 Å². The highest BCUT2D eigenvalue weighted by atomic mass is 35.5. The van der Waals surface area contributed by atoms with E-state index < -0.39 is 27.0 Å². The van der Waals surface area contributed by atoms with Gasteiger partial charge in [0.1, 0.15) is 10.9 Å². The van der Waals surface area contributed by atoms with Crippen molar-refractivity contribution in [1.29, 1.82) is 0 Å². The summed E-state index contributed by atoms with van der Waals surface area (Å²) in [6, 6.07) is 1.83. The molecule has 0 aliphatic carbocycles. The lowest BCUT2D eigenvalue weighted by Crippen LogP contribution is -2.40. The minimum Gasteiger partial charge on any atom is -0.480 e. The van der Waals surface area contributed by atoms with Crippen LogP contribution in [-0.2, 0) is 14.8 Å². The lowest BCUT2D eigenvalue weighted by Gasteiger charge is -2.21. The number of carboxylic acids is 1. The van der Waals surface area contributed by atoms with Crippen LogP contribution in [0, 0.1) is 10.1 Å². The summed E-state index contributed by atoms with van der Waals surface area (Å²) in [5.74, 6) is -1.23. The summed E-state index contributed by atoms with van der Waals surface area (Å²) in [7, 11) is -4.11. The second-order valence-electron chi connectivity index (χ2n) is 4.48. The van der Waals surface area contributed by atoms with Crippen LogP contribution in [0.1, 0.15) is 12.8 Å². The molecule has 1 heterocycles. The summed E-state index contributed by atoms with van der Waals surface area (Å²) < 4.78 is 25.8. The van der Waals surface area contributed by atoms with Crippen molar-refractivity contribution in [3.05, 3.63) is 33.3 Å². The molecule has 10 heteroatoms. The van der Waals surface area contributed by atoms with Gasteiger partial charge in [0.25, 0.3) is 5.69 Å². The number of sulfonamides is 1. The van der Waals surface area contributed by atoms with Crippen molar-refractivity contribution in [2.24, 2.45) is 0 Å². The van der Waals surface area contributed by atoms with Gasteiger partial charge in [-0.1, -0.05) is 11.6 Å². The van der Waals surface area contributed by atoms with Crippen molar-refractivity contribution in [2.75, 3.05) is 6.54 Å². The van der Waals surface area contributed by atoms with Crippen molar-refractivity contribution < 1.29 is 23.2 Å². The normalized spacial score (nSPS) is 19.6. The molecule has 0 aromatic heterocycles. The average Bonchev–Trinajstić information content (AvgIpc) is 2.88. The molecule has 0 saturated carbocycles. The van der Waals surface area contributed by atoms with Crippen LogP contribution in [-0.4, -0.2) is 41.3 Å². The number of hydrogen-bond acceptors (Lipinski definition) is 5. The van der Waals surface area contributed by atoms with Crippen LogP contribution in [0.4, 0.5) is 5.69 Å². The molecule has 0 unspecified atom stereocenters. The summed E-state index contributed by atoms with van der Waals surface area (Å²) in [5, 5.41) is 19.4. The topological polar surface area (TPSA) is 118 Å². The Morgan fingerprint density at radius 2 is 2.14 bits per heavy atom. The van der Waals surface area contributed by atoms with Gasteiger partial charge in [-0.05, 0) is 18.9 Å². The quantitative estimate of drug-likeness (QED) is 0.658. The zero-order chi connectivity index (χ0) is 15.8. The maximum absolute atomic E-state index is 12.5. The van der Waals surface area contributed by atoms with Gasteiger partial charge in [-0.2, -0.15) is 4.31 Å². The van der Waals surface area contributed by atoms with E-state index >= 15 is 0 Å². The van der Waals surface area contributed by atoms with Gasteiger partial charge in [0.05, 0.1) is 9.95 Å².